The van der Waals surface area contributed by atoms with Gasteiger partial charge in [-0.3, -0.25) is 9.48 Å². The molecule has 3 nitrogen and oxygen atoms in total. The molecule has 0 bridgehead atoms. The molecular weight excluding hydrogens is 232 g/mol. The van der Waals surface area contributed by atoms with Gasteiger partial charge in [0.1, 0.15) is 0 Å². The number of rotatable bonds is 3. The smallest absolute Gasteiger partial charge is 0.186 e. The van der Waals surface area contributed by atoms with E-state index in [1.165, 1.54) is 4.88 Å². The second kappa shape index (κ2) is 4.67. The molecule has 0 N–H and O–H groups in total. The van der Waals surface area contributed by atoms with Crippen molar-refractivity contribution in [2.24, 2.45) is 7.05 Å². The summed E-state index contributed by atoms with van der Waals surface area (Å²) in [6.45, 7) is 3.99. The number of aromatic nitrogens is 2. The van der Waals surface area contributed by atoms with Gasteiger partial charge < -0.3 is 0 Å². The number of carbonyl (C=O) groups is 1. The first-order valence-electron chi connectivity index (χ1n) is 5.34. The predicted molar refractivity (Wildman–Crippen MR) is 70.4 cm³/mol. The molecule has 17 heavy (non-hydrogen) atoms. The minimum Gasteiger partial charge on any atom is -0.289 e. The summed E-state index contributed by atoms with van der Waals surface area (Å²) in [6, 6.07) is 1.94. The average Bonchev–Trinajstić information content (AvgIpc) is 2.81. The van der Waals surface area contributed by atoms with Gasteiger partial charge in [0.05, 0.1) is 6.20 Å². The quantitative estimate of drug-likeness (QED) is 0.616. The third kappa shape index (κ3) is 2.71. The van der Waals surface area contributed by atoms with E-state index in [1.54, 1.807) is 34.4 Å². The zero-order valence-electron chi connectivity index (χ0n) is 10.1. The lowest BCUT2D eigenvalue weighted by Crippen LogP contribution is -1.93. The van der Waals surface area contributed by atoms with Crippen LogP contribution in [0.1, 0.15) is 25.7 Å². The maximum absolute atomic E-state index is 12.0. The van der Waals surface area contributed by atoms with Crippen molar-refractivity contribution in [3.8, 4) is 0 Å². The Labute approximate surface area is 104 Å². The molecule has 2 rings (SSSR count). The lowest BCUT2D eigenvalue weighted by atomic mass is 10.1. The largest absolute Gasteiger partial charge is 0.289 e. The van der Waals surface area contributed by atoms with Crippen LogP contribution < -0.4 is 0 Å². The van der Waals surface area contributed by atoms with Crippen molar-refractivity contribution < 1.29 is 4.79 Å². The first kappa shape index (κ1) is 11.8. The lowest BCUT2D eigenvalue weighted by Gasteiger charge is -1.91. The molecule has 2 aromatic rings. The molecule has 0 aliphatic heterocycles. The van der Waals surface area contributed by atoms with Gasteiger partial charge in [-0.15, -0.1) is 11.3 Å². The highest BCUT2D eigenvalue weighted by molar-refractivity contribution is 7.12. The molecule has 4 heteroatoms. The van der Waals surface area contributed by atoms with E-state index in [0.717, 1.165) is 16.0 Å². The van der Waals surface area contributed by atoms with Crippen molar-refractivity contribution in [3.63, 3.8) is 0 Å². The Morgan fingerprint density at radius 3 is 2.76 bits per heavy atom. The van der Waals surface area contributed by atoms with Crippen molar-refractivity contribution >= 4 is 23.2 Å². The fraction of sp³-hybridized carbons (Fsp3) is 0.231. The van der Waals surface area contributed by atoms with Gasteiger partial charge >= 0.3 is 0 Å². The number of hydrogen-bond acceptors (Lipinski definition) is 3. The Hall–Kier alpha value is -1.68. The second-order valence-electron chi connectivity index (χ2n) is 3.97. The molecule has 0 saturated carbocycles. The molecule has 0 fully saturated rings. The van der Waals surface area contributed by atoms with Crippen LogP contribution in [0, 0.1) is 13.8 Å². The maximum Gasteiger partial charge on any atom is 0.186 e. The van der Waals surface area contributed by atoms with Gasteiger partial charge in [0.2, 0.25) is 0 Å². The molecule has 0 aromatic carbocycles. The summed E-state index contributed by atoms with van der Waals surface area (Å²) in [5.41, 5.74) is 1.73. The van der Waals surface area contributed by atoms with E-state index in [0.29, 0.717) is 0 Å². The standard InChI is InChI=1S/C13H14N2OS/c1-9-6-12(10(2)17-9)13(16)5-4-11-7-14-15(3)8-11/h4-8H,1-3H3/b5-4+. The van der Waals surface area contributed by atoms with Gasteiger partial charge in [-0.2, -0.15) is 5.10 Å². The Balaban J connectivity index is 2.17. The third-order valence-corrected chi connectivity index (χ3v) is 3.42. The minimum absolute atomic E-state index is 0.0516. The van der Waals surface area contributed by atoms with Crippen LogP contribution in [0.25, 0.3) is 6.08 Å². The lowest BCUT2D eigenvalue weighted by molar-refractivity contribution is 0.104. The van der Waals surface area contributed by atoms with E-state index in [9.17, 15) is 4.79 Å². The third-order valence-electron chi connectivity index (χ3n) is 2.46. The number of allylic oxidation sites excluding steroid dienone is 1. The van der Waals surface area contributed by atoms with Crippen LogP contribution in [-0.4, -0.2) is 15.6 Å². The zero-order valence-corrected chi connectivity index (χ0v) is 10.9. The molecule has 0 unspecified atom stereocenters. The normalized spacial score (nSPS) is 11.2. The number of nitrogens with zero attached hydrogens (tertiary/aromatic N) is 2. The first-order valence-corrected chi connectivity index (χ1v) is 6.16. The summed E-state index contributed by atoms with van der Waals surface area (Å²) in [5.74, 6) is 0.0516. The van der Waals surface area contributed by atoms with Crippen LogP contribution in [0.4, 0.5) is 0 Å². The SMILES string of the molecule is Cc1cc(C(=O)/C=C/c2cnn(C)c2)c(C)s1. The van der Waals surface area contributed by atoms with Gasteiger partial charge in [0, 0.05) is 34.1 Å². The molecule has 88 valence electrons. The van der Waals surface area contributed by atoms with Gasteiger partial charge in [0.25, 0.3) is 0 Å². The van der Waals surface area contributed by atoms with Gasteiger partial charge in [-0.1, -0.05) is 0 Å². The summed E-state index contributed by atoms with van der Waals surface area (Å²) >= 11 is 1.65. The minimum atomic E-state index is 0.0516. The number of ketones is 1. The van der Waals surface area contributed by atoms with E-state index in [-0.39, 0.29) is 5.78 Å². The molecular formula is C13H14N2OS. The van der Waals surface area contributed by atoms with Gasteiger partial charge in [0.15, 0.2) is 5.78 Å². The molecule has 0 aliphatic rings. The van der Waals surface area contributed by atoms with Crippen molar-refractivity contribution in [2.75, 3.05) is 0 Å². The van der Waals surface area contributed by atoms with E-state index in [2.05, 4.69) is 5.10 Å². The van der Waals surface area contributed by atoms with E-state index in [1.807, 2.05) is 33.2 Å². The Kier molecular flexibility index (Phi) is 3.24. The Bertz CT molecular complexity index is 578. The zero-order chi connectivity index (χ0) is 12.4. The molecule has 0 aliphatic carbocycles. The summed E-state index contributed by atoms with van der Waals surface area (Å²) < 4.78 is 1.71. The number of carbonyl (C=O) groups excluding carboxylic acids is 1. The molecule has 2 aromatic heterocycles. The molecule has 0 amide bonds. The highest BCUT2D eigenvalue weighted by Gasteiger charge is 2.08. The van der Waals surface area contributed by atoms with Gasteiger partial charge in [-0.25, -0.2) is 0 Å². The Morgan fingerprint density at radius 2 is 2.24 bits per heavy atom. The number of hydrogen-bond donors (Lipinski definition) is 0. The van der Waals surface area contributed by atoms with Crippen molar-refractivity contribution in [2.45, 2.75) is 13.8 Å². The van der Waals surface area contributed by atoms with E-state index < -0.39 is 0 Å². The molecule has 0 radical (unpaired) electrons. The van der Waals surface area contributed by atoms with Crippen LogP contribution >= 0.6 is 11.3 Å². The van der Waals surface area contributed by atoms with E-state index >= 15 is 0 Å². The topological polar surface area (TPSA) is 34.9 Å². The molecule has 0 spiro atoms. The van der Waals surface area contributed by atoms with Crippen LogP contribution in [0.3, 0.4) is 0 Å². The van der Waals surface area contributed by atoms with Gasteiger partial charge in [-0.05, 0) is 32.1 Å². The molecule has 0 saturated heterocycles. The predicted octanol–water partition coefficient (Wildman–Crippen LogP) is 2.99. The maximum atomic E-state index is 12.0. The summed E-state index contributed by atoms with van der Waals surface area (Å²) in [6.07, 6.45) is 7.00. The Morgan fingerprint density at radius 1 is 1.47 bits per heavy atom. The highest BCUT2D eigenvalue weighted by atomic mass is 32.1. The monoisotopic (exact) mass is 246 g/mol. The van der Waals surface area contributed by atoms with Crippen LogP contribution in [-0.2, 0) is 7.05 Å². The second-order valence-corrected chi connectivity index (χ2v) is 5.43. The van der Waals surface area contributed by atoms with Crippen LogP contribution in [0.5, 0.6) is 0 Å². The number of thiophene rings is 1. The van der Waals surface area contributed by atoms with Crippen molar-refractivity contribution in [3.05, 3.63) is 45.4 Å². The van der Waals surface area contributed by atoms with Crippen molar-refractivity contribution in [1.82, 2.24) is 9.78 Å². The molecule has 2 heterocycles. The van der Waals surface area contributed by atoms with E-state index in [4.69, 9.17) is 0 Å². The fourth-order valence-electron chi connectivity index (χ4n) is 1.66. The summed E-state index contributed by atoms with van der Waals surface area (Å²) in [7, 11) is 1.85. The summed E-state index contributed by atoms with van der Waals surface area (Å²) in [4.78, 5) is 14.2. The van der Waals surface area contributed by atoms with Crippen LogP contribution in [0.15, 0.2) is 24.5 Å². The van der Waals surface area contributed by atoms with Crippen LogP contribution in [0.2, 0.25) is 0 Å². The highest BCUT2D eigenvalue weighted by Crippen LogP contribution is 2.21. The van der Waals surface area contributed by atoms with Crippen molar-refractivity contribution in [1.29, 1.82) is 0 Å². The molecule has 0 atom stereocenters. The fourth-order valence-corrected chi connectivity index (χ4v) is 2.59. The average molecular weight is 246 g/mol. The first-order chi connectivity index (χ1) is 8.06. The summed E-state index contributed by atoms with van der Waals surface area (Å²) in [5, 5.41) is 4.05. The number of aryl methyl sites for hydroxylation is 3.